The summed E-state index contributed by atoms with van der Waals surface area (Å²) in [7, 11) is -2.15. The van der Waals surface area contributed by atoms with Crippen LogP contribution in [0.25, 0.3) is 0 Å². The van der Waals surface area contributed by atoms with Crippen molar-refractivity contribution in [2.75, 3.05) is 14.2 Å². The molecule has 0 saturated heterocycles. The van der Waals surface area contributed by atoms with Crippen LogP contribution in [0.4, 0.5) is 0 Å². The molecule has 2 unspecified atom stereocenters. The molecule has 0 aliphatic rings. The van der Waals surface area contributed by atoms with Gasteiger partial charge in [0.25, 0.3) is 0 Å². The van der Waals surface area contributed by atoms with E-state index in [0.717, 1.165) is 10.4 Å². The summed E-state index contributed by atoms with van der Waals surface area (Å²) in [6, 6.07) is 20.8. The molecule has 0 aliphatic heterocycles. The minimum absolute atomic E-state index is 0.181. The maximum Gasteiger partial charge on any atom is 0.369 e. The van der Waals surface area contributed by atoms with E-state index in [0.29, 0.717) is 0 Å². The van der Waals surface area contributed by atoms with Crippen molar-refractivity contribution in [1.29, 1.82) is 0 Å². The van der Waals surface area contributed by atoms with Crippen LogP contribution in [0.2, 0.25) is 10.1 Å². The van der Waals surface area contributed by atoms with Crippen LogP contribution in [0.3, 0.4) is 0 Å². The van der Waals surface area contributed by atoms with Gasteiger partial charge < -0.3 is 13.0 Å². The monoisotopic (exact) mass is 402 g/mol. The highest BCUT2D eigenvalue weighted by atomic mass is 28.5. The molecule has 5 heteroatoms. The smallest absolute Gasteiger partial charge is 0.369 e. The predicted molar refractivity (Wildman–Crippen MR) is 118 cm³/mol. The highest BCUT2D eigenvalue weighted by molar-refractivity contribution is 6.96. The molecule has 2 atom stereocenters. The Kier molecular flexibility index (Phi) is 6.54. The normalized spacial score (nSPS) is 17.2. The molecule has 0 fully saturated rings. The Labute approximate surface area is 167 Å². The van der Waals surface area contributed by atoms with Crippen LogP contribution in [-0.2, 0) is 13.0 Å². The first-order valence-electron chi connectivity index (χ1n) is 9.45. The Morgan fingerprint density at radius 3 is 1.07 bits per heavy atom. The second-order valence-electron chi connectivity index (χ2n) is 8.98. The average molecular weight is 403 g/mol. The molecule has 3 nitrogen and oxygen atoms in total. The second kappa shape index (κ2) is 8.01. The average Bonchev–Trinajstić information content (AvgIpc) is 2.62. The van der Waals surface area contributed by atoms with Crippen LogP contribution in [0, 0.1) is 0 Å². The third kappa shape index (κ3) is 3.98. The van der Waals surface area contributed by atoms with Gasteiger partial charge in [-0.3, -0.25) is 0 Å². The second-order valence-corrected chi connectivity index (χ2v) is 17.2. The molecule has 0 amide bonds. The fourth-order valence-corrected chi connectivity index (χ4v) is 14.1. The first-order valence-corrected chi connectivity index (χ1v) is 13.1. The van der Waals surface area contributed by atoms with Gasteiger partial charge in [0.2, 0.25) is 0 Å². The van der Waals surface area contributed by atoms with Crippen molar-refractivity contribution >= 4 is 27.5 Å². The Bertz CT molecular complexity index is 659. The van der Waals surface area contributed by atoms with Gasteiger partial charge in [-0.1, -0.05) is 102 Å². The van der Waals surface area contributed by atoms with Gasteiger partial charge in [-0.25, -0.2) is 0 Å². The fraction of sp³-hybridized carbons (Fsp3) is 0.455. The minimum Gasteiger partial charge on any atom is -0.407 e. The Balaban J connectivity index is 2.75. The molecule has 148 valence electrons. The van der Waals surface area contributed by atoms with Crippen LogP contribution in [-0.4, -0.2) is 31.3 Å². The van der Waals surface area contributed by atoms with Crippen molar-refractivity contribution in [2.24, 2.45) is 0 Å². The lowest BCUT2D eigenvalue weighted by molar-refractivity contribution is 0.215. The van der Waals surface area contributed by atoms with Gasteiger partial charge in [0, 0.05) is 24.3 Å². The number of benzene rings is 2. The molecular weight excluding hydrogens is 368 g/mol. The molecule has 2 rings (SSSR count). The summed E-state index contributed by atoms with van der Waals surface area (Å²) in [6.45, 7) is 13.2. The predicted octanol–water partition coefficient (Wildman–Crippen LogP) is 4.59. The van der Waals surface area contributed by atoms with E-state index in [-0.39, 0.29) is 10.1 Å². The molecule has 0 heterocycles. The maximum atomic E-state index is 7.26. The van der Waals surface area contributed by atoms with Crippen LogP contribution in [0.1, 0.15) is 41.5 Å². The van der Waals surface area contributed by atoms with Gasteiger partial charge in [-0.15, -0.1) is 0 Å². The Hall–Kier alpha value is -1.25. The zero-order valence-electron chi connectivity index (χ0n) is 18.0. The summed E-state index contributed by atoms with van der Waals surface area (Å²) in [5.41, 5.74) is 0. The number of hydrogen-bond donors (Lipinski definition) is 0. The minimum atomic E-state index is -2.86. The zero-order chi connectivity index (χ0) is 20.3. The Morgan fingerprint density at radius 2 is 0.852 bits per heavy atom. The quantitative estimate of drug-likeness (QED) is 0.661. The maximum absolute atomic E-state index is 7.26. The summed E-state index contributed by atoms with van der Waals surface area (Å²) in [5, 5.41) is 1.91. The molecule has 0 aliphatic carbocycles. The lowest BCUT2D eigenvalue weighted by Crippen LogP contribution is -2.71. The summed E-state index contributed by atoms with van der Waals surface area (Å²) in [5.74, 6) is 0. The van der Waals surface area contributed by atoms with Crippen molar-refractivity contribution < 1.29 is 13.0 Å². The van der Waals surface area contributed by atoms with Gasteiger partial charge in [-0.2, -0.15) is 0 Å². The fourth-order valence-electron chi connectivity index (χ4n) is 3.74. The molecular formula is C22H34O3Si2. The molecule has 2 aromatic carbocycles. The summed E-state index contributed by atoms with van der Waals surface area (Å²) in [6.07, 6.45) is 0. The first-order chi connectivity index (χ1) is 12.5. The number of rotatable bonds is 6. The highest BCUT2D eigenvalue weighted by Gasteiger charge is 2.61. The molecule has 0 spiro atoms. The third-order valence-electron chi connectivity index (χ3n) is 5.14. The topological polar surface area (TPSA) is 27.7 Å². The van der Waals surface area contributed by atoms with E-state index in [9.17, 15) is 0 Å². The van der Waals surface area contributed by atoms with Crippen LogP contribution < -0.4 is 10.4 Å². The van der Waals surface area contributed by atoms with Crippen molar-refractivity contribution in [3.05, 3.63) is 60.7 Å². The van der Waals surface area contributed by atoms with E-state index in [1.807, 2.05) is 12.1 Å². The Morgan fingerprint density at radius 1 is 0.556 bits per heavy atom. The van der Waals surface area contributed by atoms with Gasteiger partial charge in [0.05, 0.1) is 0 Å². The molecule has 2 aromatic rings. The SMILES string of the molecule is CO[Si](O[Si](OC)(c1ccccc1)C(C)(C)C)(c1ccccc1)C(C)(C)C. The van der Waals surface area contributed by atoms with E-state index in [1.165, 1.54) is 0 Å². The van der Waals surface area contributed by atoms with E-state index in [1.54, 1.807) is 14.2 Å². The summed E-state index contributed by atoms with van der Waals surface area (Å²) < 4.78 is 19.9. The molecule has 0 saturated carbocycles. The third-order valence-corrected chi connectivity index (χ3v) is 14.7. The van der Waals surface area contributed by atoms with Crippen molar-refractivity contribution in [1.82, 2.24) is 0 Å². The first kappa shape index (κ1) is 22.0. The molecule has 27 heavy (non-hydrogen) atoms. The standard InChI is InChI=1S/C22H34O3Si2/c1-21(2,3)26(23-7,19-15-11-9-12-16-19)25-27(24-8,22(4,5)6)20-17-13-10-14-18-20/h9-18H,1-8H3. The summed E-state index contributed by atoms with van der Waals surface area (Å²) >= 11 is 0. The van der Waals surface area contributed by atoms with Crippen LogP contribution in [0.15, 0.2) is 60.7 Å². The van der Waals surface area contributed by atoms with E-state index < -0.39 is 17.1 Å². The van der Waals surface area contributed by atoms with Gasteiger partial charge >= 0.3 is 17.1 Å². The summed E-state index contributed by atoms with van der Waals surface area (Å²) in [4.78, 5) is 0. The van der Waals surface area contributed by atoms with Gasteiger partial charge in [0.15, 0.2) is 0 Å². The lowest BCUT2D eigenvalue weighted by Gasteiger charge is -2.50. The highest BCUT2D eigenvalue weighted by Crippen LogP contribution is 2.45. The van der Waals surface area contributed by atoms with Crippen LogP contribution in [0.5, 0.6) is 0 Å². The number of hydrogen-bond acceptors (Lipinski definition) is 3. The van der Waals surface area contributed by atoms with Crippen molar-refractivity contribution in [3.8, 4) is 0 Å². The van der Waals surface area contributed by atoms with E-state index in [4.69, 9.17) is 13.0 Å². The van der Waals surface area contributed by atoms with Gasteiger partial charge in [-0.05, 0) is 10.4 Å². The largest absolute Gasteiger partial charge is 0.407 e. The lowest BCUT2D eigenvalue weighted by atomic mass is 10.2. The zero-order valence-corrected chi connectivity index (χ0v) is 20.0. The van der Waals surface area contributed by atoms with Crippen molar-refractivity contribution in [3.63, 3.8) is 0 Å². The molecule has 0 N–H and O–H groups in total. The van der Waals surface area contributed by atoms with E-state index in [2.05, 4.69) is 90.1 Å². The van der Waals surface area contributed by atoms with E-state index >= 15 is 0 Å². The molecule has 0 bridgehead atoms. The molecule has 0 radical (unpaired) electrons. The van der Waals surface area contributed by atoms with Gasteiger partial charge in [0.1, 0.15) is 0 Å². The van der Waals surface area contributed by atoms with Crippen LogP contribution >= 0.6 is 0 Å². The van der Waals surface area contributed by atoms with Crippen molar-refractivity contribution in [2.45, 2.75) is 51.6 Å². The molecule has 0 aromatic heterocycles.